The van der Waals surface area contributed by atoms with Crippen molar-refractivity contribution >= 4 is 17.8 Å². The van der Waals surface area contributed by atoms with E-state index in [9.17, 15) is 9.59 Å². The smallest absolute Gasteiger partial charge is 0.255 e. The number of hydrogen-bond donors (Lipinski definition) is 1. The maximum Gasteiger partial charge on any atom is 0.255 e. The molecule has 2 aliphatic heterocycles. The maximum atomic E-state index is 13.1. The number of benzene rings is 1. The van der Waals surface area contributed by atoms with Crippen molar-refractivity contribution < 1.29 is 33.3 Å². The van der Waals surface area contributed by atoms with Gasteiger partial charge in [0.25, 0.3) is 5.91 Å². The lowest BCUT2D eigenvalue weighted by molar-refractivity contribution is -0.152. The van der Waals surface area contributed by atoms with Crippen molar-refractivity contribution in [2.45, 2.75) is 45.2 Å². The molecule has 8 heteroatoms. The first kappa shape index (κ1) is 24.0. The molecular formula is C24H31NO7. The van der Waals surface area contributed by atoms with Crippen molar-refractivity contribution in [1.29, 1.82) is 0 Å². The number of rotatable bonds is 4. The average molecular weight is 446 g/mol. The van der Waals surface area contributed by atoms with E-state index < -0.39 is 18.0 Å². The van der Waals surface area contributed by atoms with E-state index in [2.05, 4.69) is 5.32 Å². The van der Waals surface area contributed by atoms with Gasteiger partial charge < -0.3 is 29.0 Å². The zero-order valence-electron chi connectivity index (χ0n) is 19.2. The Balaban J connectivity index is 2.03. The molecule has 0 unspecified atom stereocenters. The lowest BCUT2D eigenvalue weighted by atomic mass is 10.00. The van der Waals surface area contributed by atoms with Crippen LogP contribution in [-0.4, -0.2) is 57.2 Å². The molecule has 1 aromatic rings. The van der Waals surface area contributed by atoms with Crippen molar-refractivity contribution in [3.8, 4) is 11.5 Å². The van der Waals surface area contributed by atoms with Gasteiger partial charge in [-0.3, -0.25) is 9.59 Å². The molecule has 2 aliphatic rings. The SMILES string of the molecule is COCOc1cc(OC)cc2c1C(=O)NC[C@H](C)/C=C\C(=O)[C@H]1OC(C)(C)O[C@H]1C/C=C/2. The number of carbonyl (C=O) groups excluding carboxylic acids is 2. The first-order valence-electron chi connectivity index (χ1n) is 10.6. The Bertz CT molecular complexity index is 906. The normalized spacial score (nSPS) is 27.5. The number of ether oxygens (including phenoxy) is 5. The molecule has 1 amide bonds. The molecule has 0 aromatic heterocycles. The predicted octanol–water partition coefficient (Wildman–Crippen LogP) is 3.11. The van der Waals surface area contributed by atoms with Crippen molar-refractivity contribution in [3.63, 3.8) is 0 Å². The van der Waals surface area contributed by atoms with Crippen molar-refractivity contribution in [2.75, 3.05) is 27.6 Å². The summed E-state index contributed by atoms with van der Waals surface area (Å²) in [5.41, 5.74) is 0.998. The molecule has 1 aromatic carbocycles. The lowest BCUT2D eigenvalue weighted by Gasteiger charge is -2.17. The predicted molar refractivity (Wildman–Crippen MR) is 119 cm³/mol. The Morgan fingerprint density at radius 3 is 2.66 bits per heavy atom. The van der Waals surface area contributed by atoms with Gasteiger partial charge in [0.1, 0.15) is 17.6 Å². The molecule has 174 valence electrons. The van der Waals surface area contributed by atoms with Gasteiger partial charge in [0.2, 0.25) is 0 Å². The molecule has 3 atom stereocenters. The molecule has 8 nitrogen and oxygen atoms in total. The first-order chi connectivity index (χ1) is 15.2. The fraction of sp³-hybridized carbons (Fsp3) is 0.500. The Hall–Kier alpha value is -2.68. The molecule has 0 bridgehead atoms. The highest BCUT2D eigenvalue weighted by Crippen LogP contribution is 2.33. The number of amides is 1. The van der Waals surface area contributed by atoms with Gasteiger partial charge in [-0.2, -0.15) is 0 Å². The summed E-state index contributed by atoms with van der Waals surface area (Å²) < 4.78 is 27.9. The van der Waals surface area contributed by atoms with Gasteiger partial charge >= 0.3 is 0 Å². The minimum absolute atomic E-state index is 0.0120. The minimum atomic E-state index is -0.855. The zero-order valence-corrected chi connectivity index (χ0v) is 19.2. The standard InChI is InChI=1S/C24H31NO7/c1-15-9-10-18(26)22-19(31-24(2,3)32-22)8-6-7-16-11-17(29-5)12-20(30-14-28-4)21(16)23(27)25-13-15/h6-7,9-12,15,19,22H,8,13-14H2,1-5H3,(H,25,27)/b7-6+,10-9-/t15-,19+,22-/m1/s1. The summed E-state index contributed by atoms with van der Waals surface area (Å²) >= 11 is 0. The Morgan fingerprint density at radius 2 is 1.94 bits per heavy atom. The Labute approximate surface area is 188 Å². The fourth-order valence-electron chi connectivity index (χ4n) is 3.68. The van der Waals surface area contributed by atoms with E-state index in [1.54, 1.807) is 45.2 Å². The molecule has 1 saturated heterocycles. The third-order valence-electron chi connectivity index (χ3n) is 5.20. The molecule has 0 radical (unpaired) electrons. The van der Waals surface area contributed by atoms with Crippen molar-refractivity contribution in [1.82, 2.24) is 5.32 Å². The summed E-state index contributed by atoms with van der Waals surface area (Å²) in [5.74, 6) is -0.470. The summed E-state index contributed by atoms with van der Waals surface area (Å²) in [4.78, 5) is 25.8. The highest BCUT2D eigenvalue weighted by molar-refractivity contribution is 6.01. The van der Waals surface area contributed by atoms with Crippen LogP contribution in [0.25, 0.3) is 6.08 Å². The molecule has 1 fully saturated rings. The maximum absolute atomic E-state index is 13.1. The number of fused-ring (bicyclic) bond motifs is 2. The summed E-state index contributed by atoms with van der Waals surface area (Å²) in [7, 11) is 3.06. The molecule has 0 aliphatic carbocycles. The van der Waals surface area contributed by atoms with Gasteiger partial charge in [-0.05, 0) is 43.9 Å². The highest BCUT2D eigenvalue weighted by Gasteiger charge is 2.43. The van der Waals surface area contributed by atoms with E-state index >= 15 is 0 Å². The number of nitrogens with one attached hydrogen (secondary N) is 1. The largest absolute Gasteiger partial charge is 0.497 e. The second-order valence-electron chi connectivity index (χ2n) is 8.32. The van der Waals surface area contributed by atoms with Gasteiger partial charge in [0.05, 0.1) is 18.8 Å². The number of methoxy groups -OCH3 is 2. The van der Waals surface area contributed by atoms with Crippen LogP contribution in [0.4, 0.5) is 0 Å². The second-order valence-corrected chi connectivity index (χ2v) is 8.32. The first-order valence-corrected chi connectivity index (χ1v) is 10.6. The van der Waals surface area contributed by atoms with Crippen LogP contribution in [0.3, 0.4) is 0 Å². The van der Waals surface area contributed by atoms with E-state index in [-0.39, 0.29) is 24.4 Å². The molecule has 32 heavy (non-hydrogen) atoms. The van der Waals surface area contributed by atoms with Gasteiger partial charge in [0, 0.05) is 19.7 Å². The molecule has 0 saturated carbocycles. The van der Waals surface area contributed by atoms with Crippen LogP contribution in [0.15, 0.2) is 30.4 Å². The summed E-state index contributed by atoms with van der Waals surface area (Å²) in [6, 6.07) is 3.42. The van der Waals surface area contributed by atoms with Gasteiger partial charge in [-0.15, -0.1) is 0 Å². The second kappa shape index (κ2) is 10.3. The van der Waals surface area contributed by atoms with Crippen LogP contribution in [0.1, 0.15) is 43.1 Å². The number of carbonyl (C=O) groups is 2. The van der Waals surface area contributed by atoms with Crippen LogP contribution >= 0.6 is 0 Å². The van der Waals surface area contributed by atoms with Crippen LogP contribution in [0.2, 0.25) is 0 Å². The van der Waals surface area contributed by atoms with E-state index in [0.29, 0.717) is 35.6 Å². The van der Waals surface area contributed by atoms with Crippen molar-refractivity contribution in [3.05, 3.63) is 41.5 Å². The van der Waals surface area contributed by atoms with Crippen LogP contribution in [-0.2, 0) is 19.0 Å². The quantitative estimate of drug-likeness (QED) is 0.712. The summed E-state index contributed by atoms with van der Waals surface area (Å²) in [5, 5.41) is 2.92. The topological polar surface area (TPSA) is 92.3 Å². The third-order valence-corrected chi connectivity index (χ3v) is 5.20. The monoisotopic (exact) mass is 445 g/mol. The van der Waals surface area contributed by atoms with Gasteiger partial charge in [-0.25, -0.2) is 0 Å². The van der Waals surface area contributed by atoms with Gasteiger partial charge in [-0.1, -0.05) is 25.2 Å². The van der Waals surface area contributed by atoms with E-state index in [1.165, 1.54) is 13.2 Å². The van der Waals surface area contributed by atoms with Crippen LogP contribution in [0.5, 0.6) is 11.5 Å². The van der Waals surface area contributed by atoms with E-state index in [1.807, 2.05) is 13.0 Å². The third kappa shape index (κ3) is 5.76. The van der Waals surface area contributed by atoms with E-state index in [4.69, 9.17) is 23.7 Å². The van der Waals surface area contributed by atoms with Crippen molar-refractivity contribution in [2.24, 2.45) is 5.92 Å². The molecule has 2 heterocycles. The minimum Gasteiger partial charge on any atom is -0.497 e. The number of ketones is 1. The molecule has 0 spiro atoms. The molecule has 3 rings (SSSR count). The van der Waals surface area contributed by atoms with Crippen LogP contribution in [0, 0.1) is 5.92 Å². The summed E-state index contributed by atoms with van der Waals surface area (Å²) in [6.07, 6.45) is 6.24. The van der Waals surface area contributed by atoms with E-state index in [0.717, 1.165) is 0 Å². The number of hydrogen-bond acceptors (Lipinski definition) is 7. The fourth-order valence-corrected chi connectivity index (χ4v) is 3.68. The highest BCUT2D eigenvalue weighted by atomic mass is 16.8. The Morgan fingerprint density at radius 1 is 1.16 bits per heavy atom. The summed E-state index contributed by atoms with van der Waals surface area (Å²) in [6.45, 7) is 5.83. The molecular weight excluding hydrogens is 414 g/mol. The van der Waals surface area contributed by atoms with Gasteiger partial charge in [0.15, 0.2) is 18.4 Å². The average Bonchev–Trinajstić information content (AvgIpc) is 3.07. The zero-order chi connectivity index (χ0) is 23.3. The lowest BCUT2D eigenvalue weighted by Crippen LogP contribution is -2.31. The Kier molecular flexibility index (Phi) is 7.71. The molecule has 1 N–H and O–H groups in total. The van der Waals surface area contributed by atoms with Crippen LogP contribution < -0.4 is 14.8 Å².